The van der Waals surface area contributed by atoms with Crippen molar-refractivity contribution < 1.29 is 0 Å². The third-order valence-electron chi connectivity index (χ3n) is 4.43. The standard InChI is InChI=1S/C17H22N2.ClH/c1-13(19-10-9-17(12-19)18-2)15-8-7-14-5-3-4-6-16(14)11-15;/h3-8,11,13,17-18H,9-10,12H2,1-2H3;1H. The van der Waals surface area contributed by atoms with E-state index in [9.17, 15) is 0 Å². The zero-order valence-corrected chi connectivity index (χ0v) is 13.0. The first-order valence-electron chi connectivity index (χ1n) is 7.18. The number of nitrogens with zero attached hydrogens (tertiary/aromatic N) is 1. The molecule has 1 saturated heterocycles. The molecule has 1 aliphatic heterocycles. The number of benzene rings is 2. The number of hydrogen-bond acceptors (Lipinski definition) is 2. The highest BCUT2D eigenvalue weighted by Crippen LogP contribution is 2.27. The van der Waals surface area contributed by atoms with E-state index in [0.29, 0.717) is 12.1 Å². The van der Waals surface area contributed by atoms with Crippen molar-refractivity contribution >= 4 is 23.2 Å². The van der Waals surface area contributed by atoms with Gasteiger partial charge in [-0.1, -0.05) is 36.4 Å². The number of hydrogen-bond donors (Lipinski definition) is 1. The molecule has 1 aliphatic rings. The molecule has 1 heterocycles. The molecule has 20 heavy (non-hydrogen) atoms. The number of likely N-dealkylation sites (N-methyl/N-ethyl adjacent to an activating group) is 1. The second kappa shape index (κ2) is 6.57. The molecule has 0 amide bonds. The highest BCUT2D eigenvalue weighted by Gasteiger charge is 2.25. The molecule has 0 aromatic heterocycles. The lowest BCUT2D eigenvalue weighted by atomic mass is 10.0. The van der Waals surface area contributed by atoms with E-state index in [-0.39, 0.29) is 12.4 Å². The summed E-state index contributed by atoms with van der Waals surface area (Å²) >= 11 is 0. The second-order valence-corrected chi connectivity index (χ2v) is 5.55. The van der Waals surface area contributed by atoms with Crippen LogP contribution in [0.1, 0.15) is 24.9 Å². The molecule has 2 atom stereocenters. The summed E-state index contributed by atoms with van der Waals surface area (Å²) in [4.78, 5) is 2.57. The van der Waals surface area contributed by atoms with Gasteiger partial charge in [0.05, 0.1) is 0 Å². The first-order valence-corrected chi connectivity index (χ1v) is 7.18. The molecule has 2 aromatic rings. The zero-order chi connectivity index (χ0) is 13.2. The van der Waals surface area contributed by atoms with Gasteiger partial charge in [0.25, 0.3) is 0 Å². The van der Waals surface area contributed by atoms with Gasteiger partial charge in [-0.3, -0.25) is 4.90 Å². The molecule has 2 nitrogen and oxygen atoms in total. The topological polar surface area (TPSA) is 15.3 Å². The molecule has 1 fully saturated rings. The predicted molar refractivity (Wildman–Crippen MR) is 88.6 cm³/mol. The van der Waals surface area contributed by atoms with Crippen LogP contribution in [-0.4, -0.2) is 31.1 Å². The molecule has 3 rings (SSSR count). The van der Waals surface area contributed by atoms with Crippen molar-refractivity contribution in [3.8, 4) is 0 Å². The Morgan fingerprint density at radius 1 is 1.15 bits per heavy atom. The molecule has 0 saturated carbocycles. The molecule has 0 radical (unpaired) electrons. The van der Waals surface area contributed by atoms with Crippen molar-refractivity contribution in [3.63, 3.8) is 0 Å². The summed E-state index contributed by atoms with van der Waals surface area (Å²) in [7, 11) is 2.06. The summed E-state index contributed by atoms with van der Waals surface area (Å²) in [6.07, 6.45) is 1.26. The molecule has 108 valence electrons. The fourth-order valence-corrected chi connectivity index (χ4v) is 3.05. The normalized spacial score (nSPS) is 20.8. The maximum absolute atomic E-state index is 3.39. The Balaban J connectivity index is 0.00000147. The van der Waals surface area contributed by atoms with Gasteiger partial charge in [-0.15, -0.1) is 12.4 Å². The fraction of sp³-hybridized carbons (Fsp3) is 0.412. The first kappa shape index (κ1) is 15.3. The number of rotatable bonds is 3. The van der Waals surface area contributed by atoms with Gasteiger partial charge in [0.1, 0.15) is 0 Å². The highest BCUT2D eigenvalue weighted by molar-refractivity contribution is 5.85. The largest absolute Gasteiger partial charge is 0.316 e. The Morgan fingerprint density at radius 2 is 1.90 bits per heavy atom. The van der Waals surface area contributed by atoms with Crippen LogP contribution >= 0.6 is 12.4 Å². The van der Waals surface area contributed by atoms with Crippen LogP contribution in [0.2, 0.25) is 0 Å². The molecule has 0 aliphatic carbocycles. The summed E-state index contributed by atoms with van der Waals surface area (Å²) < 4.78 is 0. The van der Waals surface area contributed by atoms with E-state index in [1.54, 1.807) is 0 Å². The van der Waals surface area contributed by atoms with Gasteiger partial charge in [-0.2, -0.15) is 0 Å². The van der Waals surface area contributed by atoms with E-state index in [4.69, 9.17) is 0 Å². The van der Waals surface area contributed by atoms with Gasteiger partial charge >= 0.3 is 0 Å². The summed E-state index contributed by atoms with van der Waals surface area (Å²) in [6, 6.07) is 16.6. The van der Waals surface area contributed by atoms with Crippen molar-refractivity contribution in [2.24, 2.45) is 0 Å². The monoisotopic (exact) mass is 290 g/mol. The van der Waals surface area contributed by atoms with Crippen LogP contribution < -0.4 is 5.32 Å². The molecule has 0 spiro atoms. The Kier molecular flexibility index (Phi) is 5.03. The van der Waals surface area contributed by atoms with Gasteiger partial charge in [-0.05, 0) is 42.8 Å². The third-order valence-corrected chi connectivity index (χ3v) is 4.43. The van der Waals surface area contributed by atoms with Gasteiger partial charge in [0.15, 0.2) is 0 Å². The SMILES string of the molecule is CNC1CCN(C(C)c2ccc3ccccc3c2)C1.Cl. The quantitative estimate of drug-likeness (QED) is 0.929. The predicted octanol–water partition coefficient (Wildman–Crippen LogP) is 3.62. The number of nitrogens with one attached hydrogen (secondary N) is 1. The molecule has 2 unspecified atom stereocenters. The van der Waals surface area contributed by atoms with Crippen molar-refractivity contribution in [3.05, 3.63) is 48.0 Å². The van der Waals surface area contributed by atoms with E-state index in [1.807, 2.05) is 0 Å². The van der Waals surface area contributed by atoms with E-state index in [1.165, 1.54) is 29.3 Å². The number of fused-ring (bicyclic) bond motifs is 1. The summed E-state index contributed by atoms with van der Waals surface area (Å²) in [6.45, 7) is 4.67. The van der Waals surface area contributed by atoms with Gasteiger partial charge < -0.3 is 5.32 Å². The van der Waals surface area contributed by atoms with E-state index in [0.717, 1.165) is 6.54 Å². The van der Waals surface area contributed by atoms with Gasteiger partial charge in [-0.25, -0.2) is 0 Å². The van der Waals surface area contributed by atoms with E-state index >= 15 is 0 Å². The molecule has 1 N–H and O–H groups in total. The fourth-order valence-electron chi connectivity index (χ4n) is 3.05. The van der Waals surface area contributed by atoms with Crippen LogP contribution in [0, 0.1) is 0 Å². The minimum atomic E-state index is 0. The molecular formula is C17H23ClN2. The van der Waals surface area contributed by atoms with Crippen molar-refractivity contribution in [2.45, 2.75) is 25.4 Å². The van der Waals surface area contributed by atoms with Crippen LogP contribution in [0.4, 0.5) is 0 Å². The van der Waals surface area contributed by atoms with Crippen LogP contribution in [0.15, 0.2) is 42.5 Å². The lowest BCUT2D eigenvalue weighted by molar-refractivity contribution is 0.257. The van der Waals surface area contributed by atoms with Crippen LogP contribution in [0.25, 0.3) is 10.8 Å². The smallest absolute Gasteiger partial charge is 0.0320 e. The molecule has 3 heteroatoms. The average molecular weight is 291 g/mol. The summed E-state index contributed by atoms with van der Waals surface area (Å²) in [5, 5.41) is 6.06. The van der Waals surface area contributed by atoms with E-state index < -0.39 is 0 Å². The van der Waals surface area contributed by atoms with Crippen LogP contribution in [0.3, 0.4) is 0 Å². The van der Waals surface area contributed by atoms with Crippen molar-refractivity contribution in [1.82, 2.24) is 10.2 Å². The second-order valence-electron chi connectivity index (χ2n) is 5.55. The maximum atomic E-state index is 3.39. The van der Waals surface area contributed by atoms with Crippen molar-refractivity contribution in [1.29, 1.82) is 0 Å². The van der Waals surface area contributed by atoms with E-state index in [2.05, 4.69) is 66.7 Å². The minimum absolute atomic E-state index is 0. The average Bonchev–Trinajstić information content (AvgIpc) is 2.95. The highest BCUT2D eigenvalue weighted by atomic mass is 35.5. The Hall–Kier alpha value is -1.09. The lowest BCUT2D eigenvalue weighted by Crippen LogP contribution is -2.31. The first-order chi connectivity index (χ1) is 9.28. The molecule has 0 bridgehead atoms. The summed E-state index contributed by atoms with van der Waals surface area (Å²) in [5.41, 5.74) is 1.43. The van der Waals surface area contributed by atoms with Crippen LogP contribution in [-0.2, 0) is 0 Å². The number of likely N-dealkylation sites (tertiary alicyclic amines) is 1. The lowest BCUT2D eigenvalue weighted by Gasteiger charge is -2.25. The van der Waals surface area contributed by atoms with Gasteiger partial charge in [0, 0.05) is 25.2 Å². The Bertz CT molecular complexity index is 570. The van der Waals surface area contributed by atoms with Gasteiger partial charge in [0.2, 0.25) is 0 Å². The number of halogens is 1. The maximum Gasteiger partial charge on any atom is 0.0320 e. The molecular weight excluding hydrogens is 268 g/mol. The Morgan fingerprint density at radius 3 is 2.60 bits per heavy atom. The molecule has 2 aromatic carbocycles. The Labute approximate surface area is 127 Å². The summed E-state index contributed by atoms with van der Waals surface area (Å²) in [5.74, 6) is 0. The zero-order valence-electron chi connectivity index (χ0n) is 12.2. The van der Waals surface area contributed by atoms with Crippen molar-refractivity contribution in [2.75, 3.05) is 20.1 Å². The van der Waals surface area contributed by atoms with Crippen LogP contribution in [0.5, 0.6) is 0 Å². The minimum Gasteiger partial charge on any atom is -0.316 e. The third kappa shape index (κ3) is 2.98.